The second kappa shape index (κ2) is 7.08. The van der Waals surface area contributed by atoms with Crippen molar-refractivity contribution in [3.05, 3.63) is 66.2 Å². The lowest BCUT2D eigenvalue weighted by molar-refractivity contribution is 0.414. The fourth-order valence-electron chi connectivity index (χ4n) is 2.34. The summed E-state index contributed by atoms with van der Waals surface area (Å²) in [5, 5.41) is 0. The molecule has 0 spiro atoms. The molecule has 1 N–H and O–H groups in total. The Balaban J connectivity index is 1.73. The molecule has 0 atom stereocenters. The van der Waals surface area contributed by atoms with Crippen molar-refractivity contribution in [3.63, 3.8) is 0 Å². The number of nitrogens with zero attached hydrogens (tertiary/aromatic N) is 1. The largest absolute Gasteiger partial charge is 0.497 e. The molecule has 0 fully saturated rings. The molecular weight excluding hydrogens is 340 g/mol. The van der Waals surface area contributed by atoms with Gasteiger partial charge in [-0.05, 0) is 42.0 Å². The average Bonchev–Trinajstić information content (AvgIpc) is 3.07. The maximum Gasteiger partial charge on any atom is 0.240 e. The number of aryl methyl sites for hydroxylation is 1. The van der Waals surface area contributed by atoms with E-state index in [4.69, 9.17) is 9.15 Å². The van der Waals surface area contributed by atoms with E-state index >= 15 is 0 Å². The van der Waals surface area contributed by atoms with Gasteiger partial charge in [-0.25, -0.2) is 18.1 Å². The molecule has 130 valence electrons. The maximum atomic E-state index is 12.4. The van der Waals surface area contributed by atoms with E-state index in [2.05, 4.69) is 9.71 Å². The first kappa shape index (κ1) is 17.2. The highest BCUT2D eigenvalue weighted by molar-refractivity contribution is 7.89. The molecule has 3 aromatic rings. The predicted octanol–water partition coefficient (Wildman–Crippen LogP) is 3.14. The van der Waals surface area contributed by atoms with E-state index in [1.54, 1.807) is 50.6 Å². The lowest BCUT2D eigenvalue weighted by Gasteiger charge is -2.08. The summed E-state index contributed by atoms with van der Waals surface area (Å²) in [6.07, 6.45) is 1.61. The summed E-state index contributed by atoms with van der Waals surface area (Å²) in [7, 11) is -2.04. The van der Waals surface area contributed by atoms with Crippen molar-refractivity contribution in [2.75, 3.05) is 7.11 Å². The minimum absolute atomic E-state index is 0.183. The zero-order valence-electron chi connectivity index (χ0n) is 13.9. The van der Waals surface area contributed by atoms with Crippen LogP contribution in [0.1, 0.15) is 11.5 Å². The Kier molecular flexibility index (Phi) is 4.87. The summed E-state index contributed by atoms with van der Waals surface area (Å²) in [5.41, 5.74) is 1.59. The maximum absolute atomic E-state index is 12.4. The van der Waals surface area contributed by atoms with Gasteiger partial charge in [0, 0.05) is 19.0 Å². The summed E-state index contributed by atoms with van der Waals surface area (Å²) in [6.45, 7) is 1.94. The number of methoxy groups -OCH3 is 1. The standard InChI is InChI=1S/C18H18N2O4S/c1-13-19-12-18(24-13)15-6-8-17(9-7-15)25(21,22)20-11-14-4-3-5-16(10-14)23-2/h3-10,12,20H,11H2,1-2H3. The highest BCUT2D eigenvalue weighted by Crippen LogP contribution is 2.22. The van der Waals surface area contributed by atoms with Crippen LogP contribution in [0, 0.1) is 6.92 Å². The Morgan fingerprint density at radius 3 is 2.56 bits per heavy atom. The van der Waals surface area contributed by atoms with E-state index in [1.165, 1.54) is 0 Å². The summed E-state index contributed by atoms with van der Waals surface area (Å²) < 4.78 is 38.0. The first-order chi connectivity index (χ1) is 12.0. The quantitative estimate of drug-likeness (QED) is 0.732. The van der Waals surface area contributed by atoms with E-state index in [-0.39, 0.29) is 11.4 Å². The van der Waals surface area contributed by atoms with Crippen molar-refractivity contribution < 1.29 is 17.6 Å². The predicted molar refractivity (Wildman–Crippen MR) is 93.7 cm³/mol. The molecule has 0 aliphatic rings. The van der Waals surface area contributed by atoms with Gasteiger partial charge in [0.15, 0.2) is 11.7 Å². The van der Waals surface area contributed by atoms with Crippen molar-refractivity contribution in [1.82, 2.24) is 9.71 Å². The molecule has 0 unspecified atom stereocenters. The van der Waals surface area contributed by atoms with Crippen LogP contribution in [0.25, 0.3) is 11.3 Å². The van der Waals surface area contributed by atoms with E-state index in [9.17, 15) is 8.42 Å². The van der Waals surface area contributed by atoms with Crippen LogP contribution in [0.2, 0.25) is 0 Å². The number of hydrogen-bond donors (Lipinski definition) is 1. The third kappa shape index (κ3) is 4.07. The number of hydrogen-bond acceptors (Lipinski definition) is 5. The fraction of sp³-hybridized carbons (Fsp3) is 0.167. The van der Waals surface area contributed by atoms with E-state index in [1.807, 2.05) is 18.2 Å². The fourth-order valence-corrected chi connectivity index (χ4v) is 3.36. The van der Waals surface area contributed by atoms with E-state index in [0.29, 0.717) is 17.4 Å². The van der Waals surface area contributed by atoms with Crippen LogP contribution in [0.3, 0.4) is 0 Å². The number of rotatable bonds is 6. The Bertz CT molecular complexity index is 963. The van der Waals surface area contributed by atoms with Gasteiger partial charge in [0.05, 0.1) is 18.2 Å². The van der Waals surface area contributed by atoms with Gasteiger partial charge in [0.25, 0.3) is 0 Å². The van der Waals surface area contributed by atoms with Crippen molar-refractivity contribution in [2.24, 2.45) is 0 Å². The minimum atomic E-state index is -3.61. The Morgan fingerprint density at radius 2 is 1.92 bits per heavy atom. The molecular formula is C18H18N2O4S. The Morgan fingerprint density at radius 1 is 1.16 bits per heavy atom. The van der Waals surface area contributed by atoms with Gasteiger partial charge in [-0.2, -0.15) is 0 Å². The number of sulfonamides is 1. The topological polar surface area (TPSA) is 81.4 Å². The molecule has 0 radical (unpaired) electrons. The Hall–Kier alpha value is -2.64. The molecule has 1 heterocycles. The molecule has 0 bridgehead atoms. The van der Waals surface area contributed by atoms with Gasteiger partial charge in [0.1, 0.15) is 5.75 Å². The molecule has 0 saturated carbocycles. The lowest BCUT2D eigenvalue weighted by atomic mass is 10.2. The second-order valence-corrected chi connectivity index (χ2v) is 7.21. The molecule has 25 heavy (non-hydrogen) atoms. The molecule has 0 aliphatic carbocycles. The first-order valence-electron chi connectivity index (χ1n) is 7.63. The van der Waals surface area contributed by atoms with Crippen molar-refractivity contribution in [3.8, 4) is 17.1 Å². The van der Waals surface area contributed by atoms with Crippen LogP contribution in [-0.2, 0) is 16.6 Å². The second-order valence-electron chi connectivity index (χ2n) is 5.44. The Labute approximate surface area is 146 Å². The van der Waals surface area contributed by atoms with Gasteiger partial charge in [-0.3, -0.25) is 0 Å². The number of benzene rings is 2. The highest BCUT2D eigenvalue weighted by Gasteiger charge is 2.14. The van der Waals surface area contributed by atoms with Crippen LogP contribution in [0.5, 0.6) is 5.75 Å². The molecule has 6 nitrogen and oxygen atoms in total. The normalized spacial score (nSPS) is 11.4. The smallest absolute Gasteiger partial charge is 0.240 e. The minimum Gasteiger partial charge on any atom is -0.497 e. The zero-order chi connectivity index (χ0) is 17.9. The molecule has 1 aromatic heterocycles. The summed E-state index contributed by atoms with van der Waals surface area (Å²) in [5.74, 6) is 1.85. The van der Waals surface area contributed by atoms with Gasteiger partial charge < -0.3 is 9.15 Å². The van der Waals surface area contributed by atoms with Crippen LogP contribution in [-0.4, -0.2) is 20.5 Å². The van der Waals surface area contributed by atoms with Gasteiger partial charge in [-0.15, -0.1) is 0 Å². The van der Waals surface area contributed by atoms with Gasteiger partial charge in [0.2, 0.25) is 10.0 Å². The molecule has 2 aromatic carbocycles. The van der Waals surface area contributed by atoms with Crippen LogP contribution >= 0.6 is 0 Å². The summed E-state index contributed by atoms with van der Waals surface area (Å²) >= 11 is 0. The molecule has 7 heteroatoms. The monoisotopic (exact) mass is 358 g/mol. The zero-order valence-corrected chi connectivity index (χ0v) is 14.7. The van der Waals surface area contributed by atoms with Gasteiger partial charge in [-0.1, -0.05) is 12.1 Å². The third-order valence-electron chi connectivity index (χ3n) is 3.67. The molecule has 3 rings (SSSR count). The molecule has 0 saturated heterocycles. The number of aromatic nitrogens is 1. The van der Waals surface area contributed by atoms with Crippen LogP contribution in [0.4, 0.5) is 0 Å². The summed E-state index contributed by atoms with van der Waals surface area (Å²) in [6, 6.07) is 13.7. The molecule has 0 amide bonds. The first-order valence-corrected chi connectivity index (χ1v) is 9.12. The highest BCUT2D eigenvalue weighted by atomic mass is 32.2. The van der Waals surface area contributed by atoms with Crippen LogP contribution in [0.15, 0.2) is 64.0 Å². The van der Waals surface area contributed by atoms with Gasteiger partial charge >= 0.3 is 0 Å². The van der Waals surface area contributed by atoms with Crippen molar-refractivity contribution in [2.45, 2.75) is 18.4 Å². The average molecular weight is 358 g/mol. The van der Waals surface area contributed by atoms with Crippen molar-refractivity contribution >= 4 is 10.0 Å². The lowest BCUT2D eigenvalue weighted by Crippen LogP contribution is -2.23. The summed E-state index contributed by atoms with van der Waals surface area (Å²) in [4.78, 5) is 4.22. The number of nitrogens with one attached hydrogen (secondary N) is 1. The number of ether oxygens (including phenoxy) is 1. The van der Waals surface area contributed by atoms with E-state index in [0.717, 1.165) is 11.1 Å². The third-order valence-corrected chi connectivity index (χ3v) is 5.09. The van der Waals surface area contributed by atoms with Crippen LogP contribution < -0.4 is 9.46 Å². The van der Waals surface area contributed by atoms with Crippen molar-refractivity contribution in [1.29, 1.82) is 0 Å². The van der Waals surface area contributed by atoms with E-state index < -0.39 is 10.0 Å². The SMILES string of the molecule is COc1cccc(CNS(=O)(=O)c2ccc(-c3cnc(C)o3)cc2)c1. The molecule has 0 aliphatic heterocycles. The number of oxazole rings is 1.